The maximum Gasteiger partial charge on any atom is 0.231 e. The third-order valence-corrected chi connectivity index (χ3v) is 3.50. The molecule has 2 heterocycles. The minimum absolute atomic E-state index is 0.302. The van der Waals surface area contributed by atoms with Gasteiger partial charge in [-0.05, 0) is 29.1 Å². The predicted molar refractivity (Wildman–Crippen MR) is 77.1 cm³/mol. The summed E-state index contributed by atoms with van der Waals surface area (Å²) in [7, 11) is 0. The molecule has 3 aromatic rings. The monoisotopic (exact) mass is 263 g/mol. The van der Waals surface area contributed by atoms with Crippen molar-refractivity contribution in [1.82, 2.24) is 4.98 Å². The molecule has 0 N–H and O–H groups in total. The van der Waals surface area contributed by atoms with Crippen LogP contribution in [0.4, 0.5) is 0 Å². The summed E-state index contributed by atoms with van der Waals surface area (Å²) < 4.78 is 10.8. The molecule has 0 spiro atoms. The zero-order chi connectivity index (χ0) is 13.4. The lowest BCUT2D eigenvalue weighted by Crippen LogP contribution is -1.92. The summed E-state index contributed by atoms with van der Waals surface area (Å²) in [4.78, 5) is 4.53. The molecule has 20 heavy (non-hydrogen) atoms. The van der Waals surface area contributed by atoms with Crippen LogP contribution in [0.15, 0.2) is 54.7 Å². The fourth-order valence-corrected chi connectivity index (χ4v) is 2.48. The van der Waals surface area contributed by atoms with Crippen molar-refractivity contribution in [3.8, 4) is 11.5 Å². The van der Waals surface area contributed by atoms with Crippen molar-refractivity contribution in [3.05, 3.63) is 66.0 Å². The van der Waals surface area contributed by atoms with E-state index in [1.807, 2.05) is 24.4 Å². The Morgan fingerprint density at radius 3 is 2.45 bits per heavy atom. The van der Waals surface area contributed by atoms with E-state index in [2.05, 4.69) is 35.3 Å². The van der Waals surface area contributed by atoms with Gasteiger partial charge < -0.3 is 9.47 Å². The number of fused-ring (bicyclic) bond motifs is 2. The second-order valence-corrected chi connectivity index (χ2v) is 4.89. The maximum absolute atomic E-state index is 5.42. The fourth-order valence-electron chi connectivity index (χ4n) is 2.48. The van der Waals surface area contributed by atoms with Crippen molar-refractivity contribution in [1.29, 1.82) is 0 Å². The Labute approximate surface area is 116 Å². The minimum Gasteiger partial charge on any atom is -0.454 e. The van der Waals surface area contributed by atoms with Gasteiger partial charge in [-0.2, -0.15) is 0 Å². The van der Waals surface area contributed by atoms with Crippen LogP contribution in [0.2, 0.25) is 0 Å². The number of hydrogen-bond acceptors (Lipinski definition) is 3. The SMILES string of the molecule is c1ccc(Cc2cc3cc4c(cc3cn2)OCO4)cc1. The third kappa shape index (κ3) is 1.97. The molecule has 0 atom stereocenters. The van der Waals surface area contributed by atoms with E-state index in [9.17, 15) is 0 Å². The first-order chi connectivity index (χ1) is 9.88. The molecule has 98 valence electrons. The molecule has 4 rings (SSSR count). The summed E-state index contributed by atoms with van der Waals surface area (Å²) in [6.07, 6.45) is 2.74. The average molecular weight is 263 g/mol. The van der Waals surface area contributed by atoms with Crippen molar-refractivity contribution >= 4 is 10.8 Å². The minimum atomic E-state index is 0.302. The Morgan fingerprint density at radius 2 is 1.65 bits per heavy atom. The Kier molecular flexibility index (Phi) is 2.56. The van der Waals surface area contributed by atoms with Crippen molar-refractivity contribution in [2.24, 2.45) is 0 Å². The molecule has 0 amide bonds. The molecule has 1 aliphatic rings. The second kappa shape index (κ2) is 4.53. The van der Waals surface area contributed by atoms with Crippen molar-refractivity contribution in [2.45, 2.75) is 6.42 Å². The summed E-state index contributed by atoms with van der Waals surface area (Å²) in [6.45, 7) is 0.302. The van der Waals surface area contributed by atoms with Gasteiger partial charge in [0.15, 0.2) is 11.5 Å². The molecule has 0 saturated carbocycles. The van der Waals surface area contributed by atoms with Gasteiger partial charge >= 0.3 is 0 Å². The lowest BCUT2D eigenvalue weighted by Gasteiger charge is -2.05. The molecular weight excluding hydrogens is 250 g/mol. The van der Waals surface area contributed by atoms with E-state index in [1.165, 1.54) is 5.56 Å². The highest BCUT2D eigenvalue weighted by molar-refractivity contribution is 5.86. The Balaban J connectivity index is 1.73. The van der Waals surface area contributed by atoms with Crippen molar-refractivity contribution in [3.63, 3.8) is 0 Å². The average Bonchev–Trinajstić information content (AvgIpc) is 2.93. The number of nitrogens with zero attached hydrogens (tertiary/aromatic N) is 1. The van der Waals surface area contributed by atoms with Crippen LogP contribution in [0.5, 0.6) is 11.5 Å². The number of pyridine rings is 1. The van der Waals surface area contributed by atoms with E-state index in [1.54, 1.807) is 0 Å². The molecule has 0 bridgehead atoms. The van der Waals surface area contributed by atoms with E-state index in [-0.39, 0.29) is 0 Å². The Morgan fingerprint density at radius 1 is 0.900 bits per heavy atom. The standard InChI is InChI=1S/C17H13NO2/c1-2-4-12(5-3-1)6-15-7-13-8-16-17(20-11-19-16)9-14(13)10-18-15/h1-5,7-10H,6,11H2. The summed E-state index contributed by atoms with van der Waals surface area (Å²) in [5.74, 6) is 1.62. The first kappa shape index (κ1) is 11.3. The molecule has 0 saturated heterocycles. The predicted octanol–water partition coefficient (Wildman–Crippen LogP) is 3.55. The van der Waals surface area contributed by atoms with E-state index in [0.29, 0.717) is 6.79 Å². The van der Waals surface area contributed by atoms with Crippen LogP contribution in [0.3, 0.4) is 0 Å². The highest BCUT2D eigenvalue weighted by Crippen LogP contribution is 2.35. The summed E-state index contributed by atoms with van der Waals surface area (Å²) in [6, 6.07) is 16.5. The summed E-state index contributed by atoms with van der Waals surface area (Å²) >= 11 is 0. The number of hydrogen-bond donors (Lipinski definition) is 0. The van der Waals surface area contributed by atoms with E-state index in [4.69, 9.17) is 9.47 Å². The van der Waals surface area contributed by atoms with Crippen LogP contribution in [0.25, 0.3) is 10.8 Å². The quantitative estimate of drug-likeness (QED) is 0.708. The zero-order valence-electron chi connectivity index (χ0n) is 10.9. The van der Waals surface area contributed by atoms with Gasteiger partial charge in [0.05, 0.1) is 0 Å². The van der Waals surface area contributed by atoms with Gasteiger partial charge in [0.2, 0.25) is 6.79 Å². The smallest absolute Gasteiger partial charge is 0.231 e. The van der Waals surface area contributed by atoms with Crippen LogP contribution >= 0.6 is 0 Å². The first-order valence-corrected chi connectivity index (χ1v) is 6.61. The van der Waals surface area contributed by atoms with Crippen LogP contribution < -0.4 is 9.47 Å². The highest BCUT2D eigenvalue weighted by Gasteiger charge is 2.14. The van der Waals surface area contributed by atoms with Crippen LogP contribution in [0.1, 0.15) is 11.3 Å². The molecule has 0 radical (unpaired) electrons. The fraction of sp³-hybridized carbons (Fsp3) is 0.118. The van der Waals surface area contributed by atoms with Gasteiger partial charge in [0.25, 0.3) is 0 Å². The number of benzene rings is 2. The molecule has 0 fully saturated rings. The van der Waals surface area contributed by atoms with Crippen LogP contribution in [-0.4, -0.2) is 11.8 Å². The largest absolute Gasteiger partial charge is 0.454 e. The number of aromatic nitrogens is 1. The lowest BCUT2D eigenvalue weighted by atomic mass is 10.1. The van der Waals surface area contributed by atoms with Gasteiger partial charge in [0.1, 0.15) is 0 Å². The molecular formula is C17H13NO2. The number of rotatable bonds is 2. The zero-order valence-corrected chi connectivity index (χ0v) is 10.9. The number of ether oxygens (including phenoxy) is 2. The van der Waals surface area contributed by atoms with Crippen LogP contribution in [0, 0.1) is 0 Å². The summed E-state index contributed by atoms with van der Waals surface area (Å²) in [5.41, 5.74) is 2.32. The molecule has 3 heteroatoms. The maximum atomic E-state index is 5.42. The molecule has 2 aromatic carbocycles. The molecule has 1 aromatic heterocycles. The second-order valence-electron chi connectivity index (χ2n) is 4.89. The van der Waals surface area contributed by atoms with Crippen molar-refractivity contribution < 1.29 is 9.47 Å². The summed E-state index contributed by atoms with van der Waals surface area (Å²) in [5, 5.41) is 2.21. The van der Waals surface area contributed by atoms with E-state index >= 15 is 0 Å². The Hall–Kier alpha value is -2.55. The van der Waals surface area contributed by atoms with Gasteiger partial charge in [-0.25, -0.2) is 0 Å². The molecule has 0 aliphatic carbocycles. The van der Waals surface area contributed by atoms with Crippen molar-refractivity contribution in [2.75, 3.05) is 6.79 Å². The van der Waals surface area contributed by atoms with E-state index in [0.717, 1.165) is 34.4 Å². The molecule has 1 aliphatic heterocycles. The first-order valence-electron chi connectivity index (χ1n) is 6.61. The van der Waals surface area contributed by atoms with Gasteiger partial charge in [-0.3, -0.25) is 4.98 Å². The third-order valence-electron chi connectivity index (χ3n) is 3.50. The lowest BCUT2D eigenvalue weighted by molar-refractivity contribution is 0.174. The van der Waals surface area contributed by atoms with Gasteiger partial charge in [-0.1, -0.05) is 30.3 Å². The normalized spacial score (nSPS) is 12.8. The molecule has 3 nitrogen and oxygen atoms in total. The van der Waals surface area contributed by atoms with E-state index < -0.39 is 0 Å². The van der Waals surface area contributed by atoms with Crippen LogP contribution in [-0.2, 0) is 6.42 Å². The van der Waals surface area contributed by atoms with Gasteiger partial charge in [-0.15, -0.1) is 0 Å². The topological polar surface area (TPSA) is 31.4 Å². The molecule has 0 unspecified atom stereocenters. The van der Waals surface area contributed by atoms with Gasteiger partial charge in [0, 0.05) is 23.7 Å². The Bertz CT molecular complexity index is 769. The highest BCUT2D eigenvalue weighted by atomic mass is 16.7.